The molecular weight excluding hydrogens is 480 g/mol. The van der Waals surface area contributed by atoms with Crippen molar-refractivity contribution in [1.29, 1.82) is 0 Å². The number of hydrogen-bond acceptors (Lipinski definition) is 4. The second-order valence-corrected chi connectivity index (χ2v) is 8.19. The lowest BCUT2D eigenvalue weighted by atomic mass is 9.83. The van der Waals surface area contributed by atoms with Crippen LogP contribution in [0, 0.1) is 5.82 Å². The van der Waals surface area contributed by atoms with Gasteiger partial charge in [-0.25, -0.2) is 13.6 Å². The van der Waals surface area contributed by atoms with Crippen molar-refractivity contribution in [1.82, 2.24) is 0 Å². The van der Waals surface area contributed by atoms with E-state index in [0.717, 1.165) is 0 Å². The molecule has 4 rings (SSSR count). The highest BCUT2D eigenvalue weighted by molar-refractivity contribution is 6.35. The van der Waals surface area contributed by atoms with E-state index in [1.807, 2.05) is 0 Å². The third kappa shape index (κ3) is 3.25. The van der Waals surface area contributed by atoms with Crippen LogP contribution in [-0.4, -0.2) is 31.1 Å². The van der Waals surface area contributed by atoms with Crippen LogP contribution in [0.1, 0.15) is 39.0 Å². The number of hydrogen-bond donors (Lipinski definition) is 0. The molecule has 4 nitrogen and oxygen atoms in total. The smallest absolute Gasteiger partial charge is 0.438 e. The number of halogens is 7. The van der Waals surface area contributed by atoms with Gasteiger partial charge in [0, 0.05) is 11.1 Å². The van der Waals surface area contributed by atoms with E-state index in [0.29, 0.717) is 42.5 Å². The molecule has 0 amide bonds. The number of esters is 1. The van der Waals surface area contributed by atoms with Crippen LogP contribution in [0.25, 0.3) is 0 Å². The van der Waals surface area contributed by atoms with E-state index in [1.54, 1.807) is 0 Å². The van der Waals surface area contributed by atoms with Crippen LogP contribution in [0.3, 0.4) is 0 Å². The van der Waals surface area contributed by atoms with Crippen molar-refractivity contribution in [2.24, 2.45) is 5.16 Å². The molecule has 2 aromatic carbocycles. The Morgan fingerprint density at radius 3 is 2.41 bits per heavy atom. The van der Waals surface area contributed by atoms with Crippen molar-refractivity contribution < 1.29 is 36.3 Å². The number of benzene rings is 2. The van der Waals surface area contributed by atoms with Gasteiger partial charge in [-0.05, 0) is 48.6 Å². The molecule has 0 saturated heterocycles. The van der Waals surface area contributed by atoms with Gasteiger partial charge in [0.25, 0.3) is 5.60 Å². The highest BCUT2D eigenvalue weighted by Crippen LogP contribution is 2.52. The summed E-state index contributed by atoms with van der Waals surface area (Å²) in [4.78, 5) is 16.8. The highest BCUT2D eigenvalue weighted by atomic mass is 35.5. The molecule has 0 bridgehead atoms. The van der Waals surface area contributed by atoms with E-state index in [9.17, 15) is 22.4 Å². The van der Waals surface area contributed by atoms with E-state index in [4.69, 9.17) is 32.8 Å². The summed E-state index contributed by atoms with van der Waals surface area (Å²) in [5.74, 6) is -1.74. The number of carbonyl (C=O) groups is 1. The molecule has 2 unspecified atom stereocenters. The zero-order valence-electron chi connectivity index (χ0n) is 16.3. The minimum Gasteiger partial charge on any atom is -0.465 e. The molecule has 2 atom stereocenters. The highest BCUT2D eigenvalue weighted by Gasteiger charge is 2.69. The van der Waals surface area contributed by atoms with Crippen LogP contribution in [0.2, 0.25) is 10.0 Å². The predicted octanol–water partition coefficient (Wildman–Crippen LogP) is 5.94. The van der Waals surface area contributed by atoms with Gasteiger partial charge in [-0.3, -0.25) is 0 Å². The molecule has 0 radical (unpaired) electrons. The van der Waals surface area contributed by atoms with Crippen LogP contribution in [-0.2, 0) is 28.0 Å². The second-order valence-electron chi connectivity index (χ2n) is 7.38. The Kier molecular flexibility index (Phi) is 5.61. The summed E-state index contributed by atoms with van der Waals surface area (Å²) >= 11 is 11.3. The SMILES string of the molecule is COC(=O)c1ccc(C2=NOC(c3cc(Cl)c(F)c(Cl)c3)(C(F)(F)F)C2F)c2c1CCC2. The van der Waals surface area contributed by atoms with Crippen LogP contribution in [0.15, 0.2) is 29.4 Å². The molecule has 0 N–H and O–H groups in total. The van der Waals surface area contributed by atoms with Crippen LogP contribution in [0.5, 0.6) is 0 Å². The van der Waals surface area contributed by atoms with Gasteiger partial charge in [-0.15, -0.1) is 0 Å². The molecule has 0 fully saturated rings. The summed E-state index contributed by atoms with van der Waals surface area (Å²) in [5.41, 5.74) is -3.55. The molecule has 0 aromatic heterocycles. The zero-order valence-corrected chi connectivity index (χ0v) is 17.8. The number of alkyl halides is 4. The lowest BCUT2D eigenvalue weighted by molar-refractivity contribution is -0.289. The Balaban J connectivity index is 1.84. The topological polar surface area (TPSA) is 47.9 Å². The predicted molar refractivity (Wildman–Crippen MR) is 106 cm³/mol. The third-order valence-corrected chi connectivity index (χ3v) is 6.23. The van der Waals surface area contributed by atoms with Gasteiger partial charge in [0.2, 0.25) is 6.17 Å². The molecule has 11 heteroatoms. The lowest BCUT2D eigenvalue weighted by Crippen LogP contribution is -2.51. The molecule has 1 aliphatic carbocycles. The monoisotopic (exact) mass is 493 g/mol. The van der Waals surface area contributed by atoms with Crippen LogP contribution < -0.4 is 0 Å². The first-order chi connectivity index (χ1) is 15.0. The van der Waals surface area contributed by atoms with Gasteiger partial charge in [-0.2, -0.15) is 13.2 Å². The number of carbonyl (C=O) groups excluding carboxylic acids is 1. The first-order valence-electron chi connectivity index (χ1n) is 9.38. The molecule has 32 heavy (non-hydrogen) atoms. The first kappa shape index (κ1) is 22.8. The molecule has 0 saturated carbocycles. The largest absolute Gasteiger partial charge is 0.465 e. The summed E-state index contributed by atoms with van der Waals surface area (Å²) in [6.07, 6.45) is -6.60. The number of rotatable bonds is 3. The maximum Gasteiger partial charge on any atom is 0.438 e. The Bertz CT molecular complexity index is 1130. The Morgan fingerprint density at radius 1 is 1.19 bits per heavy atom. The molecule has 2 aromatic rings. The van der Waals surface area contributed by atoms with Crippen molar-refractivity contribution in [2.75, 3.05) is 7.11 Å². The summed E-state index contributed by atoms with van der Waals surface area (Å²) in [5, 5.41) is 2.03. The number of ether oxygens (including phenoxy) is 1. The van der Waals surface area contributed by atoms with Gasteiger partial charge in [0.05, 0.1) is 22.7 Å². The van der Waals surface area contributed by atoms with Gasteiger partial charge < -0.3 is 9.57 Å². The van der Waals surface area contributed by atoms with Gasteiger partial charge in [0.1, 0.15) is 5.71 Å². The maximum absolute atomic E-state index is 15.7. The second kappa shape index (κ2) is 7.88. The number of nitrogens with zero attached hydrogens (tertiary/aromatic N) is 1. The molecular formula is C21H14Cl2F5NO3. The molecule has 170 valence electrons. The molecule has 2 aliphatic rings. The normalized spacial score (nSPS) is 22.4. The third-order valence-electron chi connectivity index (χ3n) is 5.68. The van der Waals surface area contributed by atoms with Gasteiger partial charge >= 0.3 is 12.1 Å². The maximum atomic E-state index is 15.7. The Labute approximate surface area is 188 Å². The number of oxime groups is 1. The van der Waals surface area contributed by atoms with Crippen molar-refractivity contribution in [3.63, 3.8) is 0 Å². The minimum absolute atomic E-state index is 0.100. The average molecular weight is 494 g/mol. The van der Waals surface area contributed by atoms with E-state index < -0.39 is 51.1 Å². The van der Waals surface area contributed by atoms with Gasteiger partial charge in [0.15, 0.2) is 5.82 Å². The van der Waals surface area contributed by atoms with E-state index in [-0.39, 0.29) is 11.1 Å². The number of methoxy groups -OCH3 is 1. The fourth-order valence-electron chi connectivity index (χ4n) is 4.17. The van der Waals surface area contributed by atoms with Crippen molar-refractivity contribution in [3.8, 4) is 0 Å². The summed E-state index contributed by atoms with van der Waals surface area (Å²) in [6, 6.07) is 3.92. The van der Waals surface area contributed by atoms with E-state index in [1.165, 1.54) is 19.2 Å². The standard InChI is InChI=1S/C21H14Cl2F5NO3/c1-31-19(30)13-6-5-12(10-3-2-4-11(10)13)17-18(25)20(32-29-17,21(26,27)28)9-7-14(22)16(24)15(23)8-9/h5-8,18H,2-4H2,1H3. The van der Waals surface area contributed by atoms with Crippen LogP contribution >= 0.6 is 23.2 Å². The molecule has 0 spiro atoms. The van der Waals surface area contributed by atoms with E-state index in [2.05, 4.69) is 5.16 Å². The van der Waals surface area contributed by atoms with Crippen molar-refractivity contribution >= 4 is 34.9 Å². The van der Waals surface area contributed by atoms with Crippen molar-refractivity contribution in [3.05, 3.63) is 67.9 Å². The van der Waals surface area contributed by atoms with Crippen molar-refractivity contribution in [2.45, 2.75) is 37.2 Å². The fraction of sp³-hybridized carbons (Fsp3) is 0.333. The van der Waals surface area contributed by atoms with Gasteiger partial charge in [-0.1, -0.05) is 34.4 Å². The van der Waals surface area contributed by atoms with Crippen LogP contribution in [0.4, 0.5) is 22.0 Å². The molecule has 1 aliphatic heterocycles. The summed E-state index contributed by atoms with van der Waals surface area (Å²) in [7, 11) is 1.21. The zero-order chi connectivity index (χ0) is 23.4. The quantitative estimate of drug-likeness (QED) is 0.302. The lowest BCUT2D eigenvalue weighted by Gasteiger charge is -2.32. The first-order valence-corrected chi connectivity index (χ1v) is 10.1. The summed E-state index contributed by atoms with van der Waals surface area (Å²) in [6.45, 7) is 0. The summed E-state index contributed by atoms with van der Waals surface area (Å²) < 4.78 is 76.9. The minimum atomic E-state index is -5.29. The Hall–Kier alpha value is -2.39. The Morgan fingerprint density at radius 2 is 1.81 bits per heavy atom. The number of fused-ring (bicyclic) bond motifs is 1. The fourth-order valence-corrected chi connectivity index (χ4v) is 4.65. The van der Waals surface area contributed by atoms with E-state index >= 15 is 4.39 Å². The average Bonchev–Trinajstić information content (AvgIpc) is 3.35. The molecule has 1 heterocycles.